The number of hydrogen-bond acceptors (Lipinski definition) is 13. The van der Waals surface area contributed by atoms with Gasteiger partial charge in [-0.1, -0.05) is 109 Å². The van der Waals surface area contributed by atoms with Crippen LogP contribution in [0.25, 0.3) is 0 Å². The van der Waals surface area contributed by atoms with Crippen LogP contribution in [0.1, 0.15) is 147 Å². The second-order valence-corrected chi connectivity index (χ2v) is 23.4. The molecule has 2 aromatic rings. The highest BCUT2D eigenvalue weighted by Gasteiger charge is 2.53. The Morgan fingerprint density at radius 3 is 1.16 bits per heavy atom. The molecule has 0 radical (unpaired) electrons. The third kappa shape index (κ3) is 16.9. The Morgan fingerprint density at radius 1 is 0.548 bits per heavy atom. The lowest BCUT2D eigenvalue weighted by Gasteiger charge is -2.48. The van der Waals surface area contributed by atoms with Crippen LogP contribution in [0.4, 0.5) is 0 Å². The van der Waals surface area contributed by atoms with Gasteiger partial charge in [0.25, 0.3) is 0 Å². The molecule has 0 heterocycles. The molecule has 0 amide bonds. The molecule has 0 fully saturated rings. The molecular formula is C47H80N2O11P2. The van der Waals surface area contributed by atoms with Crippen LogP contribution in [0.15, 0.2) is 73.0 Å². The van der Waals surface area contributed by atoms with E-state index >= 15 is 0 Å². The zero-order valence-corrected chi connectivity index (χ0v) is 42.5. The lowest BCUT2D eigenvalue weighted by atomic mass is 9.94. The maximum Gasteiger partial charge on any atom is 0.350 e. The first-order valence-electron chi connectivity index (χ1n) is 21.9. The molecule has 0 spiro atoms. The fourth-order valence-corrected chi connectivity index (χ4v) is 12.2. The minimum Gasteiger partial charge on any atom is -0.495 e. The molecule has 4 unspecified atom stereocenters. The number of hydrogen-bond donors (Lipinski definition) is 0. The van der Waals surface area contributed by atoms with E-state index < -0.39 is 66.8 Å². The first kappa shape index (κ1) is 55.7. The number of carbonyl (C=O) groups is 1. The molecule has 0 aliphatic heterocycles. The van der Waals surface area contributed by atoms with Gasteiger partial charge >= 0.3 is 21.2 Å². The zero-order chi connectivity index (χ0) is 47.2. The number of hydroxylamine groups is 4. The lowest BCUT2D eigenvalue weighted by Crippen LogP contribution is -2.54. The SMILES string of the molecule is C=C(CCC(=O)OCC(ON(C(C(C)(C)C)P(=O)(OCC)OCC)C(C)(C)C)c1ccccc1)OCC(ON(C(C(C)(C)C)P(=O)(OCC)OCC)C(C)(C)C)c1ccccc1. The lowest BCUT2D eigenvalue weighted by molar-refractivity contribution is -0.275. The van der Waals surface area contributed by atoms with Crippen LogP contribution in [-0.4, -0.2) is 78.4 Å². The number of allylic oxidation sites excluding steroid dienone is 1. The van der Waals surface area contributed by atoms with E-state index in [4.69, 9.17) is 37.2 Å². The molecule has 2 aromatic carbocycles. The van der Waals surface area contributed by atoms with Crippen molar-refractivity contribution in [3.63, 3.8) is 0 Å². The molecule has 0 saturated carbocycles. The van der Waals surface area contributed by atoms with E-state index in [9.17, 15) is 13.9 Å². The van der Waals surface area contributed by atoms with Gasteiger partial charge in [0.05, 0.1) is 38.6 Å². The van der Waals surface area contributed by atoms with Crippen molar-refractivity contribution >= 4 is 21.2 Å². The maximum atomic E-state index is 14.5. The molecule has 0 aromatic heterocycles. The topological polar surface area (TPSA) is 132 Å². The predicted octanol–water partition coefficient (Wildman–Crippen LogP) is 12.7. The van der Waals surface area contributed by atoms with E-state index in [0.29, 0.717) is 5.76 Å². The summed E-state index contributed by atoms with van der Waals surface area (Å²) in [6.07, 6.45) is -1.25. The van der Waals surface area contributed by atoms with Crippen LogP contribution in [0.5, 0.6) is 0 Å². The normalized spacial score (nSPS) is 15.3. The van der Waals surface area contributed by atoms with Gasteiger partial charge in [0, 0.05) is 17.5 Å². The summed E-state index contributed by atoms with van der Waals surface area (Å²) < 4.78 is 64.8. The quantitative estimate of drug-likeness (QED) is 0.0384. The fourth-order valence-electron chi connectivity index (χ4n) is 6.88. The highest BCUT2D eigenvalue weighted by Crippen LogP contribution is 2.62. The zero-order valence-electron chi connectivity index (χ0n) is 40.7. The average molecular weight is 911 g/mol. The van der Waals surface area contributed by atoms with Crippen molar-refractivity contribution in [3.05, 3.63) is 84.1 Å². The molecule has 0 N–H and O–H groups in total. The van der Waals surface area contributed by atoms with E-state index in [2.05, 4.69) is 6.58 Å². The molecule has 62 heavy (non-hydrogen) atoms. The Balaban J connectivity index is 2.33. The first-order valence-corrected chi connectivity index (χ1v) is 25.2. The average Bonchev–Trinajstić information content (AvgIpc) is 3.15. The van der Waals surface area contributed by atoms with Crippen LogP contribution in [0, 0.1) is 10.8 Å². The minimum absolute atomic E-state index is 0.0131. The van der Waals surface area contributed by atoms with Crippen molar-refractivity contribution in [3.8, 4) is 0 Å². The van der Waals surface area contributed by atoms with Crippen LogP contribution in [-0.2, 0) is 51.2 Å². The van der Waals surface area contributed by atoms with Gasteiger partial charge in [-0.25, -0.2) is 0 Å². The van der Waals surface area contributed by atoms with Crippen molar-refractivity contribution in [2.24, 2.45) is 10.8 Å². The Morgan fingerprint density at radius 2 is 0.871 bits per heavy atom. The molecule has 4 atom stereocenters. The smallest absolute Gasteiger partial charge is 0.350 e. The third-order valence-electron chi connectivity index (χ3n) is 9.42. The highest BCUT2D eigenvalue weighted by molar-refractivity contribution is 7.55. The van der Waals surface area contributed by atoms with E-state index in [1.807, 2.05) is 144 Å². The highest BCUT2D eigenvalue weighted by atomic mass is 31.2. The number of ether oxygens (including phenoxy) is 2. The molecule has 15 heteroatoms. The predicted molar refractivity (Wildman–Crippen MR) is 247 cm³/mol. The molecule has 0 saturated heterocycles. The summed E-state index contributed by atoms with van der Waals surface area (Å²) >= 11 is 0. The summed E-state index contributed by atoms with van der Waals surface area (Å²) in [7, 11) is -7.49. The molecule has 354 valence electrons. The molecule has 13 nitrogen and oxygen atoms in total. The summed E-state index contributed by atoms with van der Waals surface area (Å²) in [6, 6.07) is 19.1. The van der Waals surface area contributed by atoms with Crippen molar-refractivity contribution in [1.29, 1.82) is 0 Å². The Hall–Kier alpha value is -2.41. The van der Waals surface area contributed by atoms with Gasteiger partial charge in [0.2, 0.25) is 0 Å². The summed E-state index contributed by atoms with van der Waals surface area (Å²) in [4.78, 5) is 27.0. The third-order valence-corrected chi connectivity index (χ3v) is 15.1. The fraction of sp³-hybridized carbons (Fsp3) is 0.681. The number of carbonyl (C=O) groups excluding carboxylic acids is 1. The van der Waals surface area contributed by atoms with E-state index in [0.717, 1.165) is 11.1 Å². The van der Waals surface area contributed by atoms with Crippen LogP contribution >= 0.6 is 15.2 Å². The number of benzene rings is 2. The van der Waals surface area contributed by atoms with Crippen molar-refractivity contribution in [2.75, 3.05) is 39.6 Å². The number of nitrogens with zero attached hydrogens (tertiary/aromatic N) is 2. The standard InChI is InChI=1S/C47H80N2O11P2/c1-18-55-61(51,56-19-2)42(44(6,7)8)48(46(12,13)14)59-39(37-28-24-22-25-29-37)34-53-36(5)32-33-41(50)54-35-40(38-30-26-23-27-31-38)60-49(47(15,16)17)43(45(9,10)11)62(52,57-20-3)58-21-4/h22-31,39-40,42-43H,5,18-21,32-35H2,1-4,6-17H3. The van der Waals surface area contributed by atoms with Crippen LogP contribution in [0.3, 0.4) is 0 Å². The van der Waals surface area contributed by atoms with Gasteiger partial charge in [-0.05, 0) is 91.2 Å². The van der Waals surface area contributed by atoms with E-state index in [-0.39, 0.29) is 52.5 Å². The van der Waals surface area contributed by atoms with Crippen molar-refractivity contribution < 1.29 is 51.2 Å². The van der Waals surface area contributed by atoms with Gasteiger partial charge in [-0.15, -0.1) is 0 Å². The molecule has 2 rings (SSSR count). The second-order valence-electron chi connectivity index (χ2n) is 19.3. The van der Waals surface area contributed by atoms with Crippen molar-refractivity contribution in [2.45, 2.75) is 158 Å². The van der Waals surface area contributed by atoms with Crippen LogP contribution < -0.4 is 0 Å². The minimum atomic E-state index is -3.75. The summed E-state index contributed by atoms with van der Waals surface area (Å²) in [6.45, 7) is 35.7. The second kappa shape index (κ2) is 24.2. The summed E-state index contributed by atoms with van der Waals surface area (Å²) in [5.41, 5.74) is -0.961. The largest absolute Gasteiger partial charge is 0.495 e. The summed E-state index contributed by atoms with van der Waals surface area (Å²) in [5.74, 6) is -1.71. The number of rotatable bonds is 26. The Kier molecular flexibility index (Phi) is 21.8. The monoisotopic (exact) mass is 911 g/mol. The van der Waals surface area contributed by atoms with Gasteiger partial charge in [-0.2, -0.15) is 10.1 Å². The van der Waals surface area contributed by atoms with Gasteiger partial charge in [0.15, 0.2) is 0 Å². The molecule has 0 aliphatic carbocycles. The van der Waals surface area contributed by atoms with E-state index in [1.54, 1.807) is 37.8 Å². The Labute approximate surface area is 374 Å². The molecule has 0 aliphatic rings. The Bertz CT molecular complexity index is 1590. The van der Waals surface area contributed by atoms with Crippen LogP contribution in [0.2, 0.25) is 0 Å². The molecular weight excluding hydrogens is 830 g/mol. The number of esters is 1. The van der Waals surface area contributed by atoms with Gasteiger partial charge in [0.1, 0.15) is 37.0 Å². The maximum absolute atomic E-state index is 14.5. The molecule has 0 bridgehead atoms. The van der Waals surface area contributed by atoms with E-state index in [1.165, 1.54) is 0 Å². The van der Waals surface area contributed by atoms with Gasteiger partial charge < -0.3 is 27.6 Å². The van der Waals surface area contributed by atoms with Gasteiger partial charge in [-0.3, -0.25) is 23.6 Å². The van der Waals surface area contributed by atoms with Crippen molar-refractivity contribution in [1.82, 2.24) is 10.1 Å². The summed E-state index contributed by atoms with van der Waals surface area (Å²) in [5, 5.41) is 3.44. The first-order chi connectivity index (χ1) is 28.7.